The van der Waals surface area contributed by atoms with Crippen LogP contribution in [0, 0.1) is 12.3 Å². The Bertz CT molecular complexity index is 447. The minimum Gasteiger partial charge on any atom is -0.390 e. The Morgan fingerprint density at radius 3 is 2.75 bits per heavy atom. The summed E-state index contributed by atoms with van der Waals surface area (Å²) in [5.74, 6) is 2.41. The van der Waals surface area contributed by atoms with Crippen LogP contribution in [0.25, 0.3) is 10.4 Å². The number of hydrogen-bond acceptors (Lipinski definition) is 3. The number of nitrogens with zero attached hydrogens (tertiary/aromatic N) is 3. The first-order chi connectivity index (χ1) is 7.70. The van der Waals surface area contributed by atoms with Gasteiger partial charge in [-0.25, -0.2) is 0 Å². The lowest BCUT2D eigenvalue weighted by molar-refractivity contribution is 0.0242. The maximum atomic E-state index is 9.80. The van der Waals surface area contributed by atoms with Crippen LogP contribution in [0.1, 0.15) is 17.2 Å². The third-order valence-electron chi connectivity index (χ3n) is 2.13. The molecule has 0 aromatic heterocycles. The van der Waals surface area contributed by atoms with Crippen molar-refractivity contribution >= 4 is 0 Å². The second-order valence-electron chi connectivity index (χ2n) is 3.16. The summed E-state index contributed by atoms with van der Waals surface area (Å²) in [6.07, 6.45) is 2.95. The van der Waals surface area contributed by atoms with Gasteiger partial charge in [-0.2, -0.15) is 0 Å². The first-order valence-corrected chi connectivity index (χ1v) is 4.63. The SMILES string of the molecule is C#Cc1ccccc1C(O)C(O)CN=[N+]=[N-]. The minimum absolute atomic E-state index is 0.198. The van der Waals surface area contributed by atoms with Crippen LogP contribution >= 0.6 is 0 Å². The van der Waals surface area contributed by atoms with Gasteiger partial charge in [0.1, 0.15) is 6.10 Å². The Kier molecular flexibility index (Phi) is 4.37. The molecule has 0 spiro atoms. The highest BCUT2D eigenvalue weighted by Crippen LogP contribution is 2.20. The van der Waals surface area contributed by atoms with Gasteiger partial charge < -0.3 is 10.2 Å². The van der Waals surface area contributed by atoms with Crippen LogP contribution in [0.15, 0.2) is 29.4 Å². The van der Waals surface area contributed by atoms with E-state index in [1.807, 2.05) is 0 Å². The van der Waals surface area contributed by atoms with E-state index in [9.17, 15) is 10.2 Å². The summed E-state index contributed by atoms with van der Waals surface area (Å²) in [6, 6.07) is 6.74. The van der Waals surface area contributed by atoms with Gasteiger partial charge >= 0.3 is 0 Å². The number of rotatable bonds is 4. The molecule has 0 saturated heterocycles. The number of aliphatic hydroxyl groups is 2. The van der Waals surface area contributed by atoms with Crippen LogP contribution < -0.4 is 0 Å². The van der Waals surface area contributed by atoms with Gasteiger partial charge in [0.15, 0.2) is 0 Å². The quantitative estimate of drug-likeness (QED) is 0.345. The summed E-state index contributed by atoms with van der Waals surface area (Å²) in [6.45, 7) is -0.198. The number of hydrogen-bond donors (Lipinski definition) is 2. The first kappa shape index (κ1) is 12.1. The van der Waals surface area contributed by atoms with Crippen LogP contribution in [-0.2, 0) is 0 Å². The van der Waals surface area contributed by atoms with Crippen molar-refractivity contribution in [2.75, 3.05) is 6.54 Å². The summed E-state index contributed by atoms with van der Waals surface area (Å²) in [4.78, 5) is 2.51. The third kappa shape index (κ3) is 2.75. The highest BCUT2D eigenvalue weighted by atomic mass is 16.3. The molecule has 2 unspecified atom stereocenters. The number of azide groups is 1. The van der Waals surface area contributed by atoms with E-state index in [0.29, 0.717) is 11.1 Å². The largest absolute Gasteiger partial charge is 0.390 e. The zero-order valence-electron chi connectivity index (χ0n) is 8.48. The Labute approximate surface area is 93.0 Å². The van der Waals surface area contributed by atoms with E-state index >= 15 is 0 Å². The van der Waals surface area contributed by atoms with E-state index in [-0.39, 0.29) is 6.54 Å². The second-order valence-corrected chi connectivity index (χ2v) is 3.16. The second kappa shape index (κ2) is 5.79. The molecule has 2 N–H and O–H groups in total. The maximum absolute atomic E-state index is 9.80. The molecular formula is C11H11N3O2. The molecular weight excluding hydrogens is 206 g/mol. The molecule has 0 aliphatic heterocycles. The minimum atomic E-state index is -1.16. The van der Waals surface area contributed by atoms with Crippen LogP contribution in [0.4, 0.5) is 0 Å². The average Bonchev–Trinajstić information content (AvgIpc) is 2.34. The van der Waals surface area contributed by atoms with Gasteiger partial charge in [-0.3, -0.25) is 0 Å². The summed E-state index contributed by atoms with van der Waals surface area (Å²) >= 11 is 0. The van der Waals surface area contributed by atoms with E-state index in [1.54, 1.807) is 24.3 Å². The average molecular weight is 217 g/mol. The maximum Gasteiger partial charge on any atom is 0.106 e. The van der Waals surface area contributed by atoms with Gasteiger partial charge in [-0.1, -0.05) is 29.2 Å². The molecule has 0 aliphatic carbocycles. The smallest absolute Gasteiger partial charge is 0.106 e. The Morgan fingerprint density at radius 2 is 2.12 bits per heavy atom. The van der Waals surface area contributed by atoms with Gasteiger partial charge in [0.2, 0.25) is 0 Å². The predicted octanol–water partition coefficient (Wildman–Crippen LogP) is 1.37. The van der Waals surface area contributed by atoms with Crippen LogP contribution in [0.2, 0.25) is 0 Å². The van der Waals surface area contributed by atoms with Crippen molar-refractivity contribution < 1.29 is 10.2 Å². The van der Waals surface area contributed by atoms with Crippen molar-refractivity contribution in [3.63, 3.8) is 0 Å². The standard InChI is InChI=1S/C11H11N3O2/c1-2-8-5-3-4-6-9(8)11(16)10(15)7-13-14-12/h1,3-6,10-11,15-16H,7H2. The van der Waals surface area contributed by atoms with Crippen molar-refractivity contribution in [1.29, 1.82) is 0 Å². The van der Waals surface area contributed by atoms with Crippen molar-refractivity contribution in [2.24, 2.45) is 5.11 Å². The molecule has 5 nitrogen and oxygen atoms in total. The molecule has 82 valence electrons. The number of aliphatic hydroxyl groups excluding tert-OH is 2. The van der Waals surface area contributed by atoms with Crippen molar-refractivity contribution in [3.8, 4) is 12.3 Å². The van der Waals surface area contributed by atoms with E-state index in [0.717, 1.165) is 0 Å². The Hall–Kier alpha value is -1.99. The Morgan fingerprint density at radius 1 is 1.44 bits per heavy atom. The topological polar surface area (TPSA) is 89.2 Å². The van der Waals surface area contributed by atoms with Gasteiger partial charge in [0.25, 0.3) is 0 Å². The van der Waals surface area contributed by atoms with E-state index in [4.69, 9.17) is 12.0 Å². The molecule has 0 radical (unpaired) electrons. The lowest BCUT2D eigenvalue weighted by Gasteiger charge is -2.17. The molecule has 0 fully saturated rings. The van der Waals surface area contributed by atoms with Gasteiger partial charge in [0.05, 0.1) is 12.6 Å². The normalized spacial score (nSPS) is 13.3. The highest BCUT2D eigenvalue weighted by Gasteiger charge is 2.19. The molecule has 0 amide bonds. The third-order valence-corrected chi connectivity index (χ3v) is 2.13. The van der Waals surface area contributed by atoms with E-state index in [1.165, 1.54) is 0 Å². The molecule has 0 heterocycles. The molecule has 1 aromatic rings. The molecule has 5 heteroatoms. The van der Waals surface area contributed by atoms with E-state index < -0.39 is 12.2 Å². The summed E-state index contributed by atoms with van der Waals surface area (Å²) in [5, 5.41) is 22.5. The summed E-state index contributed by atoms with van der Waals surface area (Å²) in [5.41, 5.74) is 9.06. The van der Waals surface area contributed by atoms with Gasteiger partial charge in [-0.15, -0.1) is 6.42 Å². The molecule has 16 heavy (non-hydrogen) atoms. The summed E-state index contributed by atoms with van der Waals surface area (Å²) in [7, 11) is 0. The highest BCUT2D eigenvalue weighted by molar-refractivity contribution is 5.41. The molecule has 2 atom stereocenters. The molecule has 0 saturated carbocycles. The lowest BCUT2D eigenvalue weighted by atomic mass is 9.99. The molecule has 1 aromatic carbocycles. The fraction of sp³-hybridized carbons (Fsp3) is 0.273. The van der Waals surface area contributed by atoms with Crippen molar-refractivity contribution in [3.05, 3.63) is 45.8 Å². The van der Waals surface area contributed by atoms with Crippen molar-refractivity contribution in [1.82, 2.24) is 0 Å². The molecule has 0 bridgehead atoms. The zero-order valence-corrected chi connectivity index (χ0v) is 8.48. The van der Waals surface area contributed by atoms with Crippen molar-refractivity contribution in [2.45, 2.75) is 12.2 Å². The predicted molar refractivity (Wildman–Crippen MR) is 59.4 cm³/mol. The van der Waals surface area contributed by atoms with Crippen LogP contribution in [0.3, 0.4) is 0 Å². The number of terminal acetylenes is 1. The Balaban J connectivity index is 2.91. The fourth-order valence-electron chi connectivity index (χ4n) is 1.31. The zero-order chi connectivity index (χ0) is 12.0. The van der Waals surface area contributed by atoms with Crippen LogP contribution in [0.5, 0.6) is 0 Å². The lowest BCUT2D eigenvalue weighted by Crippen LogP contribution is -2.21. The van der Waals surface area contributed by atoms with Gasteiger partial charge in [-0.05, 0) is 17.2 Å². The van der Waals surface area contributed by atoms with Gasteiger partial charge in [0, 0.05) is 10.5 Å². The van der Waals surface area contributed by atoms with E-state index in [2.05, 4.69) is 15.9 Å². The number of benzene rings is 1. The summed E-state index contributed by atoms with van der Waals surface area (Å²) < 4.78 is 0. The first-order valence-electron chi connectivity index (χ1n) is 4.63. The monoisotopic (exact) mass is 217 g/mol. The fourth-order valence-corrected chi connectivity index (χ4v) is 1.31. The molecule has 0 aliphatic rings. The van der Waals surface area contributed by atoms with Crippen LogP contribution in [-0.4, -0.2) is 22.9 Å². The molecule has 1 rings (SSSR count).